The van der Waals surface area contributed by atoms with E-state index in [9.17, 15) is 19.2 Å². The van der Waals surface area contributed by atoms with E-state index in [0.717, 1.165) is 0 Å². The van der Waals surface area contributed by atoms with Crippen LogP contribution in [0.1, 0.15) is 6.41 Å². The molecule has 3 heterocycles. The van der Waals surface area contributed by atoms with Gasteiger partial charge in [0.15, 0.2) is 6.67 Å². The van der Waals surface area contributed by atoms with Crippen LogP contribution < -0.4 is 11.2 Å². The molecule has 1 aromatic rings. The van der Waals surface area contributed by atoms with Gasteiger partial charge in [0.1, 0.15) is 13.1 Å². The van der Waals surface area contributed by atoms with Crippen molar-refractivity contribution in [2.75, 3.05) is 32.9 Å². The largest absolute Gasteiger partial charge is 0.391 e. The van der Waals surface area contributed by atoms with Crippen LogP contribution in [0.2, 0.25) is 0 Å². The minimum atomic E-state index is -1.46. The number of morpholine rings is 1. The van der Waals surface area contributed by atoms with Crippen LogP contribution in [0.4, 0.5) is 4.39 Å². The Morgan fingerprint density at radius 2 is 2.00 bits per heavy atom. The molecule has 11 nitrogen and oxygen atoms in total. The monoisotopic (exact) mass is 350 g/mol. The van der Waals surface area contributed by atoms with Crippen LogP contribution in [0.3, 0.4) is 0 Å². The average molecular weight is 350 g/mol. The number of aliphatic hydroxyl groups is 1. The second-order valence-corrected chi connectivity index (χ2v) is 5.44. The lowest BCUT2D eigenvalue weighted by Crippen LogP contribution is -2.57. The third-order valence-corrected chi connectivity index (χ3v) is 3.75. The minimum absolute atomic E-state index is 0.147. The van der Waals surface area contributed by atoms with Gasteiger partial charge in [0.25, 0.3) is 12.0 Å². The Bertz CT molecular complexity index is 713. The molecule has 134 valence electrons. The highest BCUT2D eigenvalue weighted by Crippen LogP contribution is 2.20. The van der Waals surface area contributed by atoms with Crippen molar-refractivity contribution >= 4 is 0 Å². The zero-order chi connectivity index (χ0) is 17.3. The molecule has 0 bridgehead atoms. The van der Waals surface area contributed by atoms with Crippen LogP contribution in [-0.4, -0.2) is 63.3 Å². The molecule has 3 rings (SSSR count). The van der Waals surface area contributed by atoms with E-state index < -0.39 is 47.7 Å². The maximum absolute atomic E-state index is 13.9. The summed E-state index contributed by atoms with van der Waals surface area (Å²) in [5, 5.41) is 19.3. The number of nitrogens with zero attached hydrogens (tertiary/aromatic N) is 3. The molecule has 2 N–H and O–H groups in total. The smallest absolute Gasteiger partial charge is 0.339 e. The molecule has 2 atom stereocenters. The molecule has 0 amide bonds. The number of hydrogen-bond acceptors (Lipinski definition) is 8. The van der Waals surface area contributed by atoms with Gasteiger partial charge < -0.3 is 9.84 Å². The second kappa shape index (κ2) is 6.68. The van der Waals surface area contributed by atoms with Crippen LogP contribution in [-0.2, 0) is 25.9 Å². The van der Waals surface area contributed by atoms with Crippen LogP contribution >= 0.6 is 0 Å². The fraction of sp³-hybridized carbons (Fsp3) is 0.667. The molecule has 12 heteroatoms. The molecule has 0 spiro atoms. The first-order chi connectivity index (χ1) is 11.4. The van der Waals surface area contributed by atoms with Crippen LogP contribution in [0.5, 0.6) is 0 Å². The number of aromatic nitrogens is 2. The van der Waals surface area contributed by atoms with Crippen molar-refractivity contribution in [3.8, 4) is 0 Å². The molecule has 0 aromatic carbocycles. The first-order valence-corrected chi connectivity index (χ1v) is 7.20. The van der Waals surface area contributed by atoms with Crippen molar-refractivity contribution < 1.29 is 38.6 Å². The Labute approximate surface area is 134 Å². The van der Waals surface area contributed by atoms with Gasteiger partial charge in [-0.3, -0.25) is 9.53 Å². The summed E-state index contributed by atoms with van der Waals surface area (Å²) in [5.41, 5.74) is -2.13. The number of ether oxygens (including phenoxy) is 2. The van der Waals surface area contributed by atoms with Crippen molar-refractivity contribution in [3.05, 3.63) is 32.9 Å². The lowest BCUT2D eigenvalue weighted by atomic mass is 10.4. The Morgan fingerprint density at radius 3 is 2.62 bits per heavy atom. The Kier molecular flexibility index (Phi) is 4.78. The maximum atomic E-state index is 13.9. The Morgan fingerprint density at radius 1 is 1.29 bits per heavy atom. The molecule has 0 radical (unpaired) electrons. The molecule has 1 aromatic heterocycles. The van der Waals surface area contributed by atoms with E-state index in [-0.39, 0.29) is 26.3 Å². The lowest BCUT2D eigenvalue weighted by Gasteiger charge is -2.33. The van der Waals surface area contributed by atoms with Crippen molar-refractivity contribution in [2.45, 2.75) is 19.4 Å². The molecule has 2 aliphatic heterocycles. The van der Waals surface area contributed by atoms with E-state index in [4.69, 9.17) is 19.5 Å². The number of rotatable bonds is 4. The molecule has 2 aliphatic rings. The summed E-state index contributed by atoms with van der Waals surface area (Å²) in [5.74, 6) is -1.23. The van der Waals surface area contributed by atoms with Gasteiger partial charge in [0.2, 0.25) is 12.1 Å². The molecule has 0 saturated carbocycles. The normalized spacial score (nSPS) is 26.6. The van der Waals surface area contributed by atoms with Gasteiger partial charge in [-0.05, 0) is 0 Å². The summed E-state index contributed by atoms with van der Waals surface area (Å²) < 4.78 is 24.7. The maximum Gasteiger partial charge on any atom is 0.339 e. The van der Waals surface area contributed by atoms with E-state index in [0.29, 0.717) is 15.3 Å². The van der Waals surface area contributed by atoms with Crippen LogP contribution in [0, 0.1) is 5.82 Å². The van der Waals surface area contributed by atoms with Crippen molar-refractivity contribution in [1.82, 2.24) is 9.13 Å². The predicted molar refractivity (Wildman–Crippen MR) is 70.7 cm³/mol. The molecular weight excluding hydrogens is 333 g/mol. The van der Waals surface area contributed by atoms with E-state index in [2.05, 4.69) is 4.89 Å². The van der Waals surface area contributed by atoms with E-state index in [1.807, 2.05) is 0 Å². The lowest BCUT2D eigenvalue weighted by molar-refractivity contribution is -1.12. The summed E-state index contributed by atoms with van der Waals surface area (Å²) in [6.07, 6.45) is -1.98. The first kappa shape index (κ1) is 17.2. The highest BCUT2D eigenvalue weighted by Gasteiger charge is 2.34. The highest BCUT2D eigenvalue weighted by molar-refractivity contribution is 4.90. The highest BCUT2D eigenvalue weighted by atomic mass is 19.1. The van der Waals surface area contributed by atoms with E-state index in [1.54, 1.807) is 0 Å². The van der Waals surface area contributed by atoms with Gasteiger partial charge >= 0.3 is 5.69 Å². The fourth-order valence-corrected chi connectivity index (χ4v) is 2.42. The van der Waals surface area contributed by atoms with Gasteiger partial charge in [-0.25, -0.2) is 19.1 Å². The third kappa shape index (κ3) is 3.25. The Hall–Kier alpha value is -1.67. The zero-order valence-electron chi connectivity index (χ0n) is 12.5. The molecule has 2 unspecified atom stereocenters. The molecular formula is C12H17FN3O8+. The number of halogens is 1. The number of hydroxylamine groups is 3. The molecule has 2 saturated heterocycles. The molecule has 0 aliphatic carbocycles. The molecule has 24 heavy (non-hydrogen) atoms. The minimum Gasteiger partial charge on any atom is -0.391 e. The third-order valence-electron chi connectivity index (χ3n) is 3.75. The van der Waals surface area contributed by atoms with Crippen molar-refractivity contribution in [3.63, 3.8) is 0 Å². The topological polar surface area (TPSA) is 121 Å². The number of aliphatic hydroxyl groups excluding tert-OH is 1. The number of quaternary nitrogens is 1. The summed E-state index contributed by atoms with van der Waals surface area (Å²) >= 11 is 0. The number of hydrogen-bond donors (Lipinski definition) is 2. The van der Waals surface area contributed by atoms with Gasteiger partial charge in [-0.1, -0.05) is 0 Å². The summed E-state index contributed by atoms with van der Waals surface area (Å²) in [4.78, 5) is 33.7. The van der Waals surface area contributed by atoms with Crippen molar-refractivity contribution in [2.24, 2.45) is 0 Å². The Balaban J connectivity index is 1.94. The second-order valence-electron chi connectivity index (χ2n) is 5.44. The zero-order valence-corrected chi connectivity index (χ0v) is 12.5. The summed E-state index contributed by atoms with van der Waals surface area (Å²) in [7, 11) is 0. The fourth-order valence-electron chi connectivity index (χ4n) is 2.42. The SMILES string of the molecule is O=c1c(F)cn(C2OOC(CO)O2)c(=O)n1C[N+]1(O)CCOCC1. The summed E-state index contributed by atoms with van der Waals surface area (Å²) in [6.45, 7) is -0.200. The van der Waals surface area contributed by atoms with Gasteiger partial charge in [0.05, 0.1) is 26.0 Å². The van der Waals surface area contributed by atoms with E-state index >= 15 is 0 Å². The van der Waals surface area contributed by atoms with Crippen molar-refractivity contribution in [1.29, 1.82) is 0 Å². The quantitative estimate of drug-likeness (QED) is 0.477. The van der Waals surface area contributed by atoms with Gasteiger partial charge in [0, 0.05) is 0 Å². The van der Waals surface area contributed by atoms with Crippen LogP contribution in [0.25, 0.3) is 0 Å². The first-order valence-electron chi connectivity index (χ1n) is 7.20. The molecule has 2 fully saturated rings. The predicted octanol–water partition coefficient (Wildman–Crippen LogP) is -1.90. The van der Waals surface area contributed by atoms with Gasteiger partial charge in [-0.15, -0.1) is 0 Å². The van der Waals surface area contributed by atoms with Gasteiger partial charge in [-0.2, -0.15) is 18.8 Å². The summed E-state index contributed by atoms with van der Waals surface area (Å²) in [6, 6.07) is 0. The van der Waals surface area contributed by atoms with Crippen LogP contribution in [0.15, 0.2) is 15.8 Å². The standard InChI is InChI=1S/C12H17FN3O8/c13-8-5-14(12-22-9(6-17)23-24-12)11(19)15(10(8)18)7-16(20)1-3-21-4-2-16/h5,9,12,17,20H,1-4,6-7H2/q+1. The average Bonchev–Trinajstić information content (AvgIpc) is 3.04. The van der Waals surface area contributed by atoms with E-state index in [1.165, 1.54) is 0 Å².